The first kappa shape index (κ1) is 17.0. The van der Waals surface area contributed by atoms with Gasteiger partial charge in [-0.05, 0) is 42.7 Å². The van der Waals surface area contributed by atoms with Crippen LogP contribution >= 0.6 is 0 Å². The Labute approximate surface area is 146 Å². The lowest BCUT2D eigenvalue weighted by atomic mass is 9.94. The number of hydrogen-bond acceptors (Lipinski definition) is 4. The van der Waals surface area contributed by atoms with E-state index in [1.165, 1.54) is 6.07 Å². The van der Waals surface area contributed by atoms with E-state index in [-0.39, 0.29) is 30.1 Å². The van der Waals surface area contributed by atoms with Crippen molar-refractivity contribution >= 4 is 11.9 Å². The SMILES string of the molecule is CCOC(=O)CC(c1ccccc1)N1CCc2cc(O)ccc2C1=O. The lowest BCUT2D eigenvalue weighted by molar-refractivity contribution is -0.144. The van der Waals surface area contributed by atoms with E-state index in [0.29, 0.717) is 25.1 Å². The molecule has 0 bridgehead atoms. The molecule has 0 fully saturated rings. The van der Waals surface area contributed by atoms with Crippen LogP contribution in [0, 0.1) is 0 Å². The molecule has 1 aliphatic heterocycles. The van der Waals surface area contributed by atoms with Gasteiger partial charge in [0.2, 0.25) is 0 Å². The smallest absolute Gasteiger partial charge is 0.308 e. The van der Waals surface area contributed by atoms with Gasteiger partial charge in [-0.2, -0.15) is 0 Å². The third-order valence-corrected chi connectivity index (χ3v) is 4.43. The van der Waals surface area contributed by atoms with Gasteiger partial charge in [-0.15, -0.1) is 0 Å². The van der Waals surface area contributed by atoms with Gasteiger partial charge in [-0.3, -0.25) is 9.59 Å². The Morgan fingerprint density at radius 2 is 2.00 bits per heavy atom. The second-order valence-electron chi connectivity index (χ2n) is 6.03. The summed E-state index contributed by atoms with van der Waals surface area (Å²) in [7, 11) is 0. The molecule has 5 heteroatoms. The Kier molecular flexibility index (Phi) is 5.03. The molecule has 1 unspecified atom stereocenters. The number of amides is 1. The van der Waals surface area contributed by atoms with Gasteiger partial charge in [-0.25, -0.2) is 0 Å². The molecule has 5 nitrogen and oxygen atoms in total. The van der Waals surface area contributed by atoms with Crippen molar-refractivity contribution < 1.29 is 19.4 Å². The zero-order chi connectivity index (χ0) is 17.8. The van der Waals surface area contributed by atoms with Crippen molar-refractivity contribution in [2.45, 2.75) is 25.8 Å². The molecule has 1 aliphatic rings. The Bertz CT molecular complexity index is 773. The van der Waals surface area contributed by atoms with Crippen LogP contribution in [0.2, 0.25) is 0 Å². The predicted octanol–water partition coefficient (Wildman–Crippen LogP) is 3.09. The predicted molar refractivity (Wildman–Crippen MR) is 93.3 cm³/mol. The van der Waals surface area contributed by atoms with E-state index in [4.69, 9.17) is 4.74 Å². The number of rotatable bonds is 5. The topological polar surface area (TPSA) is 66.8 Å². The van der Waals surface area contributed by atoms with Crippen molar-refractivity contribution in [3.63, 3.8) is 0 Å². The second-order valence-corrected chi connectivity index (χ2v) is 6.03. The summed E-state index contributed by atoms with van der Waals surface area (Å²) in [5.74, 6) is -0.286. The van der Waals surface area contributed by atoms with Crippen LogP contribution < -0.4 is 0 Å². The van der Waals surface area contributed by atoms with Crippen molar-refractivity contribution in [2.24, 2.45) is 0 Å². The van der Waals surface area contributed by atoms with E-state index >= 15 is 0 Å². The van der Waals surface area contributed by atoms with Crippen LogP contribution in [0.4, 0.5) is 0 Å². The quantitative estimate of drug-likeness (QED) is 0.850. The van der Waals surface area contributed by atoms with E-state index in [0.717, 1.165) is 11.1 Å². The van der Waals surface area contributed by atoms with Gasteiger partial charge in [0, 0.05) is 12.1 Å². The number of nitrogens with zero attached hydrogens (tertiary/aromatic N) is 1. The number of esters is 1. The minimum absolute atomic E-state index is 0.122. The minimum Gasteiger partial charge on any atom is -0.508 e. The average molecular weight is 339 g/mol. The van der Waals surface area contributed by atoms with Crippen molar-refractivity contribution in [2.75, 3.05) is 13.2 Å². The summed E-state index contributed by atoms with van der Waals surface area (Å²) in [6, 6.07) is 14.0. The molecule has 1 amide bonds. The summed E-state index contributed by atoms with van der Waals surface area (Å²) >= 11 is 0. The second kappa shape index (κ2) is 7.38. The fourth-order valence-electron chi connectivity index (χ4n) is 3.25. The standard InChI is InChI=1S/C20H21NO4/c1-2-25-19(23)13-18(14-6-4-3-5-7-14)21-11-10-15-12-16(22)8-9-17(15)20(21)24/h3-9,12,18,22H,2,10-11,13H2,1H3. The lowest BCUT2D eigenvalue weighted by Crippen LogP contribution is -2.41. The maximum absolute atomic E-state index is 13.0. The van der Waals surface area contributed by atoms with E-state index in [1.807, 2.05) is 30.3 Å². The van der Waals surface area contributed by atoms with Crippen molar-refractivity contribution in [1.29, 1.82) is 0 Å². The first-order valence-electron chi connectivity index (χ1n) is 8.43. The van der Waals surface area contributed by atoms with Crippen LogP contribution in [-0.4, -0.2) is 35.0 Å². The number of carbonyl (C=O) groups is 2. The Morgan fingerprint density at radius 1 is 1.24 bits per heavy atom. The van der Waals surface area contributed by atoms with Gasteiger partial charge < -0.3 is 14.7 Å². The lowest BCUT2D eigenvalue weighted by Gasteiger charge is -2.35. The molecule has 1 heterocycles. The summed E-state index contributed by atoms with van der Waals surface area (Å²) in [5.41, 5.74) is 2.32. The number of hydrogen-bond donors (Lipinski definition) is 1. The summed E-state index contributed by atoms with van der Waals surface area (Å²) in [6.07, 6.45) is 0.763. The van der Waals surface area contributed by atoms with E-state index < -0.39 is 0 Å². The highest BCUT2D eigenvalue weighted by Gasteiger charge is 2.32. The van der Waals surface area contributed by atoms with Crippen molar-refractivity contribution in [1.82, 2.24) is 4.90 Å². The molecule has 0 aromatic heterocycles. The number of carbonyl (C=O) groups excluding carboxylic acids is 2. The third-order valence-electron chi connectivity index (χ3n) is 4.43. The maximum Gasteiger partial charge on any atom is 0.308 e. The molecular formula is C20H21NO4. The van der Waals surface area contributed by atoms with E-state index in [2.05, 4.69) is 0 Å². The molecule has 0 aliphatic carbocycles. The summed E-state index contributed by atoms with van der Waals surface area (Å²) in [5, 5.41) is 9.62. The highest BCUT2D eigenvalue weighted by molar-refractivity contribution is 5.97. The minimum atomic E-state index is -0.366. The summed E-state index contributed by atoms with van der Waals surface area (Å²) < 4.78 is 5.10. The molecule has 130 valence electrons. The average Bonchev–Trinajstić information content (AvgIpc) is 2.61. The monoisotopic (exact) mass is 339 g/mol. The molecule has 2 aromatic rings. The van der Waals surface area contributed by atoms with Crippen LogP contribution in [0.3, 0.4) is 0 Å². The van der Waals surface area contributed by atoms with Gasteiger partial charge in [0.15, 0.2) is 0 Å². The number of benzene rings is 2. The van der Waals surface area contributed by atoms with E-state index in [1.54, 1.807) is 24.0 Å². The molecular weight excluding hydrogens is 318 g/mol. The van der Waals surface area contributed by atoms with Crippen molar-refractivity contribution in [3.05, 3.63) is 65.2 Å². The van der Waals surface area contributed by atoms with Crippen molar-refractivity contribution in [3.8, 4) is 5.75 Å². The number of phenolic OH excluding ortho intramolecular Hbond substituents is 1. The highest BCUT2D eigenvalue weighted by atomic mass is 16.5. The molecule has 2 aromatic carbocycles. The largest absolute Gasteiger partial charge is 0.508 e. The molecule has 0 spiro atoms. The third kappa shape index (κ3) is 3.65. The maximum atomic E-state index is 13.0. The molecule has 0 radical (unpaired) electrons. The number of ether oxygens (including phenoxy) is 1. The summed E-state index contributed by atoms with van der Waals surface area (Å²) in [4.78, 5) is 26.8. The fraction of sp³-hybridized carbons (Fsp3) is 0.300. The number of phenols is 1. The highest BCUT2D eigenvalue weighted by Crippen LogP contribution is 2.31. The molecule has 1 atom stereocenters. The number of aromatic hydroxyl groups is 1. The normalized spacial score (nSPS) is 14.8. The van der Waals surface area contributed by atoms with Crippen LogP contribution in [0.15, 0.2) is 48.5 Å². The molecule has 0 saturated heterocycles. The van der Waals surface area contributed by atoms with E-state index in [9.17, 15) is 14.7 Å². The molecule has 3 rings (SSSR count). The fourth-order valence-corrected chi connectivity index (χ4v) is 3.25. The zero-order valence-electron chi connectivity index (χ0n) is 14.1. The Hall–Kier alpha value is -2.82. The van der Waals surface area contributed by atoms with Crippen LogP contribution in [0.25, 0.3) is 0 Å². The first-order valence-corrected chi connectivity index (χ1v) is 8.43. The van der Waals surface area contributed by atoms with Gasteiger partial charge in [0.05, 0.1) is 19.1 Å². The van der Waals surface area contributed by atoms with Gasteiger partial charge in [0.1, 0.15) is 5.75 Å². The zero-order valence-corrected chi connectivity index (χ0v) is 14.1. The van der Waals surface area contributed by atoms with Crippen LogP contribution in [-0.2, 0) is 16.0 Å². The molecule has 0 saturated carbocycles. The molecule has 25 heavy (non-hydrogen) atoms. The van der Waals surface area contributed by atoms with Crippen LogP contribution in [0.5, 0.6) is 5.75 Å². The number of fused-ring (bicyclic) bond motifs is 1. The Morgan fingerprint density at radius 3 is 2.72 bits per heavy atom. The summed E-state index contributed by atoms with van der Waals surface area (Å²) in [6.45, 7) is 2.58. The molecule has 1 N–H and O–H groups in total. The van der Waals surface area contributed by atoms with Gasteiger partial charge in [-0.1, -0.05) is 30.3 Å². The van der Waals surface area contributed by atoms with Gasteiger partial charge >= 0.3 is 5.97 Å². The first-order chi connectivity index (χ1) is 12.1. The van der Waals surface area contributed by atoms with Gasteiger partial charge in [0.25, 0.3) is 5.91 Å². The Balaban J connectivity index is 1.92. The van der Waals surface area contributed by atoms with Crippen LogP contribution in [0.1, 0.15) is 40.9 Å².